The number of benzene rings is 1. The second kappa shape index (κ2) is 5.81. The topological polar surface area (TPSA) is 43.6 Å². The van der Waals surface area contributed by atoms with Gasteiger partial charge in [-0.2, -0.15) is 5.10 Å². The summed E-state index contributed by atoms with van der Waals surface area (Å²) in [5.41, 5.74) is 4.50. The lowest BCUT2D eigenvalue weighted by Crippen LogP contribution is -2.36. The van der Waals surface area contributed by atoms with Gasteiger partial charge in [-0.15, -0.1) is 0 Å². The number of aromatic nitrogens is 4. The quantitative estimate of drug-likeness (QED) is 0.526. The van der Waals surface area contributed by atoms with Crippen molar-refractivity contribution in [2.24, 2.45) is 13.0 Å². The van der Waals surface area contributed by atoms with Crippen LogP contribution < -0.4 is 0 Å². The Morgan fingerprint density at radius 2 is 1.96 bits per heavy atom. The van der Waals surface area contributed by atoms with E-state index in [0.717, 1.165) is 33.1 Å². The Labute approximate surface area is 154 Å². The predicted molar refractivity (Wildman–Crippen MR) is 101 cm³/mol. The van der Waals surface area contributed by atoms with Crippen LogP contribution in [0.5, 0.6) is 0 Å². The Balaban J connectivity index is 1.43. The third-order valence-corrected chi connectivity index (χ3v) is 5.22. The van der Waals surface area contributed by atoms with Gasteiger partial charge < -0.3 is 0 Å². The summed E-state index contributed by atoms with van der Waals surface area (Å²) in [7, 11) is 1.87. The Hall–Kier alpha value is -2.89. The SMILES string of the molecule is Cn1cc2cc(-c3ccc4cc(CC5CC(F)(F)C5)ccc4n3)cnc2n1. The van der Waals surface area contributed by atoms with Crippen LogP contribution in [0.25, 0.3) is 33.2 Å². The molecule has 4 aromatic rings. The molecule has 0 bridgehead atoms. The number of pyridine rings is 2. The van der Waals surface area contributed by atoms with Crippen LogP contribution >= 0.6 is 0 Å². The summed E-state index contributed by atoms with van der Waals surface area (Å²) < 4.78 is 27.8. The van der Waals surface area contributed by atoms with E-state index in [9.17, 15) is 8.78 Å². The van der Waals surface area contributed by atoms with Gasteiger partial charge in [0.05, 0.1) is 11.2 Å². The zero-order valence-corrected chi connectivity index (χ0v) is 14.9. The highest BCUT2D eigenvalue weighted by Gasteiger charge is 2.44. The highest BCUT2D eigenvalue weighted by Crippen LogP contribution is 2.44. The zero-order valence-electron chi connectivity index (χ0n) is 14.9. The van der Waals surface area contributed by atoms with Gasteiger partial charge in [0, 0.05) is 48.6 Å². The van der Waals surface area contributed by atoms with Gasteiger partial charge in [0.25, 0.3) is 0 Å². The number of halogens is 2. The minimum absolute atomic E-state index is 0.00600. The molecule has 1 saturated carbocycles. The van der Waals surface area contributed by atoms with Gasteiger partial charge in [0.1, 0.15) is 0 Å². The molecule has 1 fully saturated rings. The van der Waals surface area contributed by atoms with Gasteiger partial charge in [-0.25, -0.2) is 18.7 Å². The van der Waals surface area contributed by atoms with Crippen LogP contribution in [0.1, 0.15) is 18.4 Å². The van der Waals surface area contributed by atoms with Crippen molar-refractivity contribution in [3.63, 3.8) is 0 Å². The van der Waals surface area contributed by atoms with Crippen LogP contribution in [0.2, 0.25) is 0 Å². The number of nitrogens with zero attached hydrogens (tertiary/aromatic N) is 4. The molecule has 0 unspecified atom stereocenters. The maximum atomic E-state index is 13.0. The van der Waals surface area contributed by atoms with Crippen LogP contribution in [0.15, 0.2) is 48.8 Å². The molecule has 1 aromatic carbocycles. The molecule has 3 aromatic heterocycles. The van der Waals surface area contributed by atoms with E-state index in [1.165, 1.54) is 0 Å². The van der Waals surface area contributed by atoms with Crippen molar-refractivity contribution < 1.29 is 8.78 Å². The van der Waals surface area contributed by atoms with E-state index < -0.39 is 5.92 Å². The summed E-state index contributed by atoms with van der Waals surface area (Å²) in [5, 5.41) is 6.29. The lowest BCUT2D eigenvalue weighted by molar-refractivity contribution is -0.109. The monoisotopic (exact) mass is 364 g/mol. The van der Waals surface area contributed by atoms with Crippen molar-refractivity contribution in [1.82, 2.24) is 19.7 Å². The Bertz CT molecular complexity index is 1160. The van der Waals surface area contributed by atoms with Crippen LogP contribution in [0.4, 0.5) is 8.78 Å². The first-order valence-corrected chi connectivity index (χ1v) is 9.02. The van der Waals surface area contributed by atoms with Crippen molar-refractivity contribution in [2.45, 2.75) is 25.2 Å². The highest BCUT2D eigenvalue weighted by molar-refractivity contribution is 5.84. The van der Waals surface area contributed by atoms with Crippen molar-refractivity contribution in [2.75, 3.05) is 0 Å². The maximum absolute atomic E-state index is 13.0. The summed E-state index contributed by atoms with van der Waals surface area (Å²) in [6.07, 6.45) is 4.44. The molecule has 0 aliphatic heterocycles. The summed E-state index contributed by atoms with van der Waals surface area (Å²) in [6.45, 7) is 0. The lowest BCUT2D eigenvalue weighted by atomic mass is 9.77. The smallest absolute Gasteiger partial charge is 0.248 e. The normalized spacial score (nSPS) is 16.7. The van der Waals surface area contributed by atoms with E-state index in [1.54, 1.807) is 10.9 Å². The molecule has 27 heavy (non-hydrogen) atoms. The fourth-order valence-electron chi connectivity index (χ4n) is 3.90. The van der Waals surface area contributed by atoms with Crippen LogP contribution in [-0.2, 0) is 13.5 Å². The maximum Gasteiger partial charge on any atom is 0.248 e. The molecular weight excluding hydrogens is 346 g/mol. The van der Waals surface area contributed by atoms with E-state index in [1.807, 2.05) is 43.6 Å². The molecule has 0 spiro atoms. The van der Waals surface area contributed by atoms with Gasteiger partial charge in [-0.3, -0.25) is 4.68 Å². The molecule has 0 radical (unpaired) electrons. The third-order valence-electron chi connectivity index (χ3n) is 5.22. The van der Waals surface area contributed by atoms with Gasteiger partial charge >= 0.3 is 0 Å². The number of hydrogen-bond acceptors (Lipinski definition) is 3. The van der Waals surface area contributed by atoms with Crippen LogP contribution in [0, 0.1) is 5.92 Å². The molecule has 0 N–H and O–H groups in total. The molecule has 0 atom stereocenters. The van der Waals surface area contributed by atoms with Gasteiger partial charge in [-0.05, 0) is 42.2 Å². The first kappa shape index (κ1) is 16.3. The number of hydrogen-bond donors (Lipinski definition) is 0. The molecule has 5 rings (SSSR count). The predicted octanol–water partition coefficient (Wildman–Crippen LogP) is 4.77. The molecule has 136 valence electrons. The van der Waals surface area contributed by atoms with Crippen molar-refractivity contribution in [1.29, 1.82) is 0 Å². The first-order chi connectivity index (χ1) is 12.9. The van der Waals surface area contributed by atoms with Crippen molar-refractivity contribution in [3.8, 4) is 11.3 Å². The van der Waals surface area contributed by atoms with Crippen molar-refractivity contribution in [3.05, 3.63) is 54.4 Å². The number of fused-ring (bicyclic) bond motifs is 2. The van der Waals surface area contributed by atoms with Gasteiger partial charge in [0.15, 0.2) is 5.65 Å². The summed E-state index contributed by atoms with van der Waals surface area (Å²) in [5.74, 6) is -2.37. The van der Waals surface area contributed by atoms with E-state index in [2.05, 4.69) is 16.1 Å². The summed E-state index contributed by atoms with van der Waals surface area (Å²) in [4.78, 5) is 9.15. The minimum atomic E-state index is -2.46. The second-order valence-corrected chi connectivity index (χ2v) is 7.50. The highest BCUT2D eigenvalue weighted by atomic mass is 19.3. The van der Waals surface area contributed by atoms with Crippen molar-refractivity contribution >= 4 is 21.9 Å². The Morgan fingerprint density at radius 1 is 1.11 bits per heavy atom. The van der Waals surface area contributed by atoms with E-state index in [4.69, 9.17) is 4.98 Å². The second-order valence-electron chi connectivity index (χ2n) is 7.50. The average Bonchev–Trinajstić information content (AvgIpc) is 2.99. The molecule has 4 nitrogen and oxygen atoms in total. The van der Waals surface area contributed by atoms with E-state index >= 15 is 0 Å². The van der Waals surface area contributed by atoms with E-state index in [0.29, 0.717) is 12.1 Å². The molecule has 1 aliphatic carbocycles. The molecule has 6 heteroatoms. The molecule has 3 heterocycles. The first-order valence-electron chi connectivity index (χ1n) is 9.02. The van der Waals surface area contributed by atoms with E-state index in [-0.39, 0.29) is 18.8 Å². The van der Waals surface area contributed by atoms with Gasteiger partial charge in [-0.1, -0.05) is 12.1 Å². The van der Waals surface area contributed by atoms with Crippen LogP contribution in [0.3, 0.4) is 0 Å². The standard InChI is InChI=1S/C21H18F2N4/c1-27-12-17-8-16(11-24-20(17)26-27)19-5-3-15-7-13(2-4-18(15)25-19)6-14-9-21(22,23)10-14/h2-5,7-8,11-12,14H,6,9-10H2,1H3. The number of rotatable bonds is 3. The zero-order chi connectivity index (χ0) is 18.6. The summed E-state index contributed by atoms with van der Waals surface area (Å²) >= 11 is 0. The molecular formula is C21H18F2N4. The van der Waals surface area contributed by atoms with Gasteiger partial charge in [0.2, 0.25) is 5.92 Å². The molecule has 0 saturated heterocycles. The number of alkyl halides is 2. The lowest BCUT2D eigenvalue weighted by Gasteiger charge is -2.35. The molecule has 0 amide bonds. The number of aryl methyl sites for hydroxylation is 1. The Kier molecular flexibility index (Phi) is 3.50. The third kappa shape index (κ3) is 3.05. The largest absolute Gasteiger partial charge is 0.273 e. The fourth-order valence-corrected chi connectivity index (χ4v) is 3.90. The Morgan fingerprint density at radius 3 is 2.78 bits per heavy atom. The minimum Gasteiger partial charge on any atom is -0.273 e. The summed E-state index contributed by atoms with van der Waals surface area (Å²) in [6, 6.07) is 12.1. The fraction of sp³-hybridized carbons (Fsp3) is 0.286. The average molecular weight is 364 g/mol. The van der Waals surface area contributed by atoms with Crippen LogP contribution in [-0.4, -0.2) is 25.7 Å². The molecule has 1 aliphatic rings.